The molecule has 39 heavy (non-hydrogen) atoms. The molecule has 1 rings (SSSR count). The van der Waals surface area contributed by atoms with Crippen LogP contribution >= 0.6 is 22.6 Å². The van der Waals surface area contributed by atoms with E-state index in [2.05, 4.69) is 43.4 Å². The fraction of sp³-hybridized carbons (Fsp3) is 0.794. The van der Waals surface area contributed by atoms with Gasteiger partial charge in [0, 0.05) is 5.56 Å². The zero-order valence-corrected chi connectivity index (χ0v) is 27.7. The van der Waals surface area contributed by atoms with Crippen molar-refractivity contribution < 1.29 is 19.7 Å². The zero-order valence-electron chi connectivity index (χ0n) is 25.6. The molecule has 2 N–H and O–H groups in total. The van der Waals surface area contributed by atoms with E-state index in [9.17, 15) is 15.0 Å². The Hall–Kier alpha value is -0.980. The van der Waals surface area contributed by atoms with Crippen LogP contribution in [0, 0.1) is 3.57 Å². The van der Waals surface area contributed by atoms with Gasteiger partial charge in [0.2, 0.25) is 0 Å². The van der Waals surface area contributed by atoms with Crippen LogP contribution in [0.3, 0.4) is 0 Å². The molecule has 226 valence electrons. The Morgan fingerprint density at radius 1 is 0.564 bits per heavy atom. The maximum atomic E-state index is 11.5. The minimum absolute atomic E-state index is 0.0639. The summed E-state index contributed by atoms with van der Waals surface area (Å²) in [6.07, 6.45) is 27.4. The van der Waals surface area contributed by atoms with Crippen molar-refractivity contribution in [3.63, 3.8) is 0 Å². The normalized spacial score (nSPS) is 11.3. The van der Waals surface area contributed by atoms with Crippen LogP contribution in [-0.2, 0) is 19.3 Å². The molecular weight excluding hydrogens is 599 g/mol. The number of hydrogen-bond acceptors (Lipinski definition) is 3. The molecule has 1 aromatic carbocycles. The largest absolute Gasteiger partial charge is 0.511 e. The van der Waals surface area contributed by atoms with E-state index in [1.54, 1.807) is 0 Å². The lowest BCUT2D eigenvalue weighted by Crippen LogP contribution is -2.11. The van der Waals surface area contributed by atoms with Crippen LogP contribution in [0.15, 0.2) is 0 Å². The third kappa shape index (κ3) is 15.6. The maximum absolute atomic E-state index is 11.5. The van der Waals surface area contributed by atoms with E-state index in [-0.39, 0.29) is 11.5 Å². The van der Waals surface area contributed by atoms with Gasteiger partial charge in [-0.2, -0.15) is 0 Å². The summed E-state index contributed by atoms with van der Waals surface area (Å²) in [4.78, 5) is 11.5. The molecule has 0 aliphatic rings. The topological polar surface area (TPSA) is 66.8 Å². The zero-order chi connectivity index (χ0) is 28.7. The Morgan fingerprint density at radius 3 is 1.28 bits per heavy atom. The molecule has 1 aromatic rings. The Bertz CT molecular complexity index is 732. The molecule has 0 spiro atoms. The summed E-state index contributed by atoms with van der Waals surface area (Å²) in [7, 11) is 0. The summed E-state index contributed by atoms with van der Waals surface area (Å²) < 4.78 is 5.99. The highest BCUT2D eigenvalue weighted by molar-refractivity contribution is 14.1. The van der Waals surface area contributed by atoms with E-state index in [1.807, 2.05) is 0 Å². The van der Waals surface area contributed by atoms with Crippen LogP contribution < -0.4 is 4.74 Å². The lowest BCUT2D eigenvalue weighted by Gasteiger charge is -2.21. The molecule has 4 nitrogen and oxygen atoms in total. The first-order valence-corrected chi connectivity index (χ1v) is 17.5. The van der Waals surface area contributed by atoms with Gasteiger partial charge in [0.15, 0.2) is 11.5 Å². The fourth-order valence-electron chi connectivity index (χ4n) is 5.62. The van der Waals surface area contributed by atoms with Crippen molar-refractivity contribution in [2.45, 2.75) is 175 Å². The Labute approximate surface area is 254 Å². The molecule has 5 heteroatoms. The number of hydrogen-bond donors (Lipinski definition) is 2. The number of carbonyl (C=O) groups is 1. The molecule has 0 aliphatic carbocycles. The first kappa shape index (κ1) is 36.0. The molecule has 0 saturated heterocycles. The highest BCUT2D eigenvalue weighted by Crippen LogP contribution is 2.42. The van der Waals surface area contributed by atoms with Crippen molar-refractivity contribution >= 4 is 28.7 Å². The molecule has 0 unspecified atom stereocenters. The van der Waals surface area contributed by atoms with Crippen LogP contribution in [0.25, 0.3) is 0 Å². The fourth-order valence-corrected chi connectivity index (χ4v) is 6.59. The summed E-state index contributed by atoms with van der Waals surface area (Å²) in [5.74, 6) is 0.219. The number of rotatable bonds is 25. The number of ether oxygens (including phenoxy) is 1. The monoisotopic (exact) mass is 658 g/mol. The predicted molar refractivity (Wildman–Crippen MR) is 175 cm³/mol. The van der Waals surface area contributed by atoms with E-state index in [0.29, 0.717) is 0 Å². The molecule has 0 aromatic heterocycles. The van der Waals surface area contributed by atoms with Crippen molar-refractivity contribution in [2.24, 2.45) is 0 Å². The average Bonchev–Trinajstić information content (AvgIpc) is 2.91. The summed E-state index contributed by atoms with van der Waals surface area (Å²) >= 11 is 2.22. The second-order valence-electron chi connectivity index (χ2n) is 11.4. The Morgan fingerprint density at radius 2 is 0.897 bits per heavy atom. The van der Waals surface area contributed by atoms with Crippen LogP contribution in [-0.4, -0.2) is 16.4 Å². The second-order valence-corrected chi connectivity index (χ2v) is 12.5. The van der Waals surface area contributed by atoms with Crippen LogP contribution in [0.5, 0.6) is 11.5 Å². The van der Waals surface area contributed by atoms with Gasteiger partial charge in [0.25, 0.3) is 0 Å². The first-order chi connectivity index (χ1) is 19.0. The van der Waals surface area contributed by atoms with Crippen LogP contribution in [0.2, 0.25) is 0 Å². The summed E-state index contributed by atoms with van der Waals surface area (Å²) in [5.41, 5.74) is 3.45. The highest BCUT2D eigenvalue weighted by atomic mass is 127. The van der Waals surface area contributed by atoms with Crippen molar-refractivity contribution in [3.05, 3.63) is 20.3 Å². The number of unbranched alkanes of at least 4 members (excludes halogenated alkanes) is 18. The number of phenols is 1. The van der Waals surface area contributed by atoms with E-state index >= 15 is 0 Å². The smallest absolute Gasteiger partial charge is 0.504 e. The maximum Gasteiger partial charge on any atom is 0.511 e. The quantitative estimate of drug-likeness (QED) is 0.0475. The van der Waals surface area contributed by atoms with E-state index in [4.69, 9.17) is 4.74 Å². The van der Waals surface area contributed by atoms with E-state index in [0.717, 1.165) is 54.1 Å². The Balaban J connectivity index is 3.06. The lowest BCUT2D eigenvalue weighted by atomic mass is 9.88. The number of halogens is 1. The summed E-state index contributed by atoms with van der Waals surface area (Å²) in [6.45, 7) is 6.75. The summed E-state index contributed by atoms with van der Waals surface area (Å²) in [6, 6.07) is 0. The molecule has 0 fully saturated rings. The standard InChI is InChI=1S/C34H59IO4/c1-4-7-10-13-16-19-22-25-28-29(26-23-20-17-14-11-8-5-2)31(35)33(39-34(37)38)32(36)30(28)27-24-21-18-15-12-9-6-3/h36H,4-27H2,1-3H3,(H,37,38). The lowest BCUT2D eigenvalue weighted by molar-refractivity contribution is 0.142. The molecule has 0 radical (unpaired) electrons. The van der Waals surface area contributed by atoms with Gasteiger partial charge in [-0.25, -0.2) is 4.79 Å². The van der Waals surface area contributed by atoms with Crippen molar-refractivity contribution in [2.75, 3.05) is 0 Å². The van der Waals surface area contributed by atoms with Crippen LogP contribution in [0.4, 0.5) is 4.79 Å². The first-order valence-electron chi connectivity index (χ1n) is 16.4. The molecular formula is C34H59IO4. The third-order valence-corrected chi connectivity index (χ3v) is 9.12. The third-order valence-electron chi connectivity index (χ3n) is 7.97. The number of phenolic OH excluding ortho intramolecular Hbond substituents is 1. The Kier molecular flexibility index (Phi) is 21.9. The van der Waals surface area contributed by atoms with Crippen molar-refractivity contribution in [1.82, 2.24) is 0 Å². The van der Waals surface area contributed by atoms with Gasteiger partial charge in [0.05, 0.1) is 3.57 Å². The minimum Gasteiger partial charge on any atom is -0.504 e. The van der Waals surface area contributed by atoms with E-state index < -0.39 is 6.16 Å². The van der Waals surface area contributed by atoms with Gasteiger partial charge in [0.1, 0.15) is 0 Å². The second kappa shape index (κ2) is 23.7. The highest BCUT2D eigenvalue weighted by Gasteiger charge is 2.24. The van der Waals surface area contributed by atoms with Gasteiger partial charge in [-0.3, -0.25) is 0 Å². The molecule has 0 heterocycles. The van der Waals surface area contributed by atoms with E-state index in [1.165, 1.54) is 120 Å². The molecule has 0 amide bonds. The van der Waals surface area contributed by atoms with Gasteiger partial charge in [-0.15, -0.1) is 0 Å². The molecule has 0 aliphatic heterocycles. The van der Waals surface area contributed by atoms with Crippen LogP contribution in [0.1, 0.15) is 172 Å². The number of carboxylic acid groups (broad SMARTS) is 1. The van der Waals surface area contributed by atoms with Crippen molar-refractivity contribution in [1.29, 1.82) is 0 Å². The predicted octanol–water partition coefficient (Wildman–Crippen LogP) is 11.9. The molecule has 0 bridgehead atoms. The van der Waals surface area contributed by atoms with Gasteiger partial charge >= 0.3 is 6.16 Å². The average molecular weight is 659 g/mol. The number of benzene rings is 1. The minimum atomic E-state index is -1.35. The number of aromatic hydroxyl groups is 1. The SMILES string of the molecule is CCCCCCCCCc1c(O)c(OC(=O)O)c(I)c(CCCCCCCCC)c1CCCCCCCCC. The van der Waals surface area contributed by atoms with Crippen molar-refractivity contribution in [3.8, 4) is 11.5 Å². The van der Waals surface area contributed by atoms with Gasteiger partial charge < -0.3 is 14.9 Å². The van der Waals surface area contributed by atoms with Gasteiger partial charge in [-0.1, -0.05) is 136 Å². The molecule has 0 saturated carbocycles. The van der Waals surface area contributed by atoms with Gasteiger partial charge in [-0.05, 0) is 72.2 Å². The summed E-state index contributed by atoms with van der Waals surface area (Å²) in [5, 5.41) is 20.7. The molecule has 0 atom stereocenters.